The van der Waals surface area contributed by atoms with Crippen LogP contribution >= 0.6 is 0 Å². The monoisotopic (exact) mass is 158 g/mol. The predicted octanol–water partition coefficient (Wildman–Crippen LogP) is 0.670. The Morgan fingerprint density at radius 3 is 2.17 bits per heavy atom. The van der Waals surface area contributed by atoms with Gasteiger partial charge in [0.05, 0.1) is 0 Å². The van der Waals surface area contributed by atoms with Crippen molar-refractivity contribution in [3.63, 3.8) is 0 Å². The largest absolute Gasteiger partial charge is 0.419 e. The van der Waals surface area contributed by atoms with Crippen molar-refractivity contribution in [2.45, 2.75) is 6.92 Å². The molecule has 6 heavy (non-hydrogen) atoms. The molecule has 0 aliphatic rings. The molecule has 0 saturated carbocycles. The number of allylic oxidation sites excluding steroid dienone is 2. The third-order valence-electron chi connectivity index (χ3n) is 0.235. The van der Waals surface area contributed by atoms with Gasteiger partial charge in [-0.3, -0.25) is 0 Å². The second-order valence-electron chi connectivity index (χ2n) is 0.618. The van der Waals surface area contributed by atoms with Gasteiger partial charge in [-0.25, -0.2) is 6.08 Å². The average Bonchev–Trinajstić information content (AvgIpc) is 1.41. The van der Waals surface area contributed by atoms with Crippen LogP contribution < -0.4 is 0 Å². The van der Waals surface area contributed by atoms with E-state index in [0.717, 1.165) is 0 Å². The maximum absolute atomic E-state index is 9.19. The molecule has 0 bridgehead atoms. The molecule has 0 aromatic rings. The molecule has 0 rings (SSSR count). The second kappa shape index (κ2) is 9.10. The molecule has 0 aromatic carbocycles. The van der Waals surface area contributed by atoms with Crippen LogP contribution in [0.3, 0.4) is 0 Å². The molecule has 0 spiro atoms. The van der Waals surface area contributed by atoms with Crippen LogP contribution in [0.4, 0.5) is 0 Å². The molecule has 0 N–H and O–H groups in total. The van der Waals surface area contributed by atoms with E-state index in [4.69, 9.17) is 0 Å². The van der Waals surface area contributed by atoms with E-state index in [-0.39, 0.29) is 32.7 Å². The van der Waals surface area contributed by atoms with E-state index in [2.05, 4.69) is 0 Å². The quantitative estimate of drug-likeness (QED) is 0.404. The van der Waals surface area contributed by atoms with Crippen LogP contribution in [0.2, 0.25) is 0 Å². The molecule has 0 aromatic heterocycles. The van der Waals surface area contributed by atoms with Crippen molar-refractivity contribution in [1.82, 2.24) is 0 Å². The molecule has 0 aliphatic heterocycles. The minimum Gasteiger partial charge on any atom is -0.419 e. The first-order valence-electron chi connectivity index (χ1n) is 1.40. The van der Waals surface area contributed by atoms with E-state index in [1.807, 2.05) is 0 Å². The maximum atomic E-state index is 9.19. The summed E-state index contributed by atoms with van der Waals surface area (Å²) in [6.07, 6.45) is 4.54. The first-order valence-corrected chi connectivity index (χ1v) is 1.40. The van der Waals surface area contributed by atoms with E-state index in [1.54, 1.807) is 19.3 Å². The van der Waals surface area contributed by atoms with Crippen molar-refractivity contribution in [2.75, 3.05) is 0 Å². The van der Waals surface area contributed by atoms with Crippen LogP contribution in [0.1, 0.15) is 6.92 Å². The molecule has 1 nitrogen and oxygen atoms in total. The first kappa shape index (κ1) is 9.72. The third kappa shape index (κ3) is 8.82. The summed E-state index contributed by atoms with van der Waals surface area (Å²) in [7, 11) is 0. The number of hydrogen-bond donors (Lipinski definition) is 0. The van der Waals surface area contributed by atoms with Gasteiger partial charge in [-0.2, -0.15) is 6.08 Å². The van der Waals surface area contributed by atoms with E-state index in [1.165, 1.54) is 6.08 Å². The number of carbonyl (C=O) groups excluding carboxylic acids is 1. The third-order valence-corrected chi connectivity index (χ3v) is 0.235. The van der Waals surface area contributed by atoms with Gasteiger partial charge in [0.1, 0.15) is 0 Å². The summed E-state index contributed by atoms with van der Waals surface area (Å²) >= 11 is 0. The molecule has 1 radical (unpaired) electrons. The number of rotatable bonds is 1. The van der Waals surface area contributed by atoms with Crippen molar-refractivity contribution in [3.8, 4) is 0 Å². The van der Waals surface area contributed by atoms with Gasteiger partial charge < -0.3 is 4.79 Å². The summed E-state index contributed by atoms with van der Waals surface area (Å²) in [6, 6.07) is 0. The van der Waals surface area contributed by atoms with Gasteiger partial charge in [0.2, 0.25) is 0 Å². The molecule has 2 heteroatoms. The fourth-order valence-electron chi connectivity index (χ4n) is 0.0680. The fourth-order valence-corrected chi connectivity index (χ4v) is 0.0680. The number of hydrogen-bond acceptors (Lipinski definition) is 1. The van der Waals surface area contributed by atoms with Gasteiger partial charge >= 0.3 is 0 Å². The second-order valence-corrected chi connectivity index (χ2v) is 0.618. The molecular weight excluding hydrogens is 153 g/mol. The summed E-state index contributed by atoms with van der Waals surface area (Å²) < 4.78 is 0. The molecule has 0 saturated heterocycles. The predicted molar refractivity (Wildman–Crippen MR) is 20.5 cm³/mol. The Morgan fingerprint density at radius 2 is 2.17 bits per heavy atom. The molecule has 31 valence electrons. The Labute approximate surface area is 62.7 Å². The van der Waals surface area contributed by atoms with Gasteiger partial charge in [0.25, 0.3) is 0 Å². The normalized spacial score (nSPS) is 7.50. The van der Waals surface area contributed by atoms with Crippen molar-refractivity contribution < 1.29 is 37.5 Å². The van der Waals surface area contributed by atoms with Crippen LogP contribution in [0.15, 0.2) is 12.2 Å². The summed E-state index contributed by atoms with van der Waals surface area (Å²) in [5, 5.41) is 0. The summed E-state index contributed by atoms with van der Waals surface area (Å²) in [5.74, 6) is 0. The van der Waals surface area contributed by atoms with Crippen LogP contribution in [-0.2, 0) is 37.5 Å². The zero-order valence-electron chi connectivity index (χ0n) is 3.64. The Hall–Kier alpha value is 0.514. The van der Waals surface area contributed by atoms with E-state index in [0.29, 0.717) is 0 Å². The van der Waals surface area contributed by atoms with Crippen LogP contribution in [-0.4, -0.2) is 6.29 Å². The van der Waals surface area contributed by atoms with Gasteiger partial charge in [-0.05, 0) is 6.29 Å². The maximum Gasteiger partial charge on any atom is 0 e. The topological polar surface area (TPSA) is 17.1 Å². The molecular formula is C4H5OY-. The van der Waals surface area contributed by atoms with Crippen molar-refractivity contribution in [3.05, 3.63) is 12.2 Å². The van der Waals surface area contributed by atoms with Gasteiger partial charge in [0.15, 0.2) is 0 Å². The smallest absolute Gasteiger partial charge is 0 e. The molecule has 0 unspecified atom stereocenters. The average molecular weight is 158 g/mol. The van der Waals surface area contributed by atoms with Crippen LogP contribution in [0, 0.1) is 0 Å². The van der Waals surface area contributed by atoms with Crippen LogP contribution in [0.25, 0.3) is 0 Å². The SMILES string of the molecule is C/C=C/[C-]=O.[Y]. The van der Waals surface area contributed by atoms with E-state index >= 15 is 0 Å². The van der Waals surface area contributed by atoms with Crippen molar-refractivity contribution in [1.29, 1.82) is 0 Å². The van der Waals surface area contributed by atoms with Crippen molar-refractivity contribution in [2.24, 2.45) is 0 Å². The summed E-state index contributed by atoms with van der Waals surface area (Å²) in [5.41, 5.74) is 0. The first-order chi connectivity index (χ1) is 2.41. The molecule has 0 fully saturated rings. The van der Waals surface area contributed by atoms with E-state index in [9.17, 15) is 4.79 Å². The standard InChI is InChI=1S/C4H5O.Y/c1-2-3-4-5;/h2-3H,1H3;/q-1;/b3-2+;. The Balaban J connectivity index is 0. The zero-order chi connectivity index (χ0) is 4.12. The minimum atomic E-state index is 0. The molecule has 0 amide bonds. The van der Waals surface area contributed by atoms with Gasteiger partial charge in [0, 0.05) is 32.7 Å². The Morgan fingerprint density at radius 1 is 1.67 bits per heavy atom. The summed E-state index contributed by atoms with van der Waals surface area (Å²) in [4.78, 5) is 9.19. The van der Waals surface area contributed by atoms with Crippen LogP contribution in [0.5, 0.6) is 0 Å². The Kier molecular flexibility index (Phi) is 14.7. The fraction of sp³-hybridized carbons (Fsp3) is 0.250. The Bertz CT molecular complexity index is 49.5. The van der Waals surface area contributed by atoms with Gasteiger partial charge in [-0.1, -0.05) is 0 Å². The molecule has 0 heterocycles. The summed E-state index contributed by atoms with van der Waals surface area (Å²) in [6.45, 7) is 1.77. The minimum absolute atomic E-state index is 0. The zero-order valence-corrected chi connectivity index (χ0v) is 6.48. The molecule has 0 aliphatic carbocycles. The van der Waals surface area contributed by atoms with Gasteiger partial charge in [-0.15, -0.1) is 6.92 Å². The van der Waals surface area contributed by atoms with Crippen molar-refractivity contribution >= 4 is 6.29 Å². The molecule has 0 atom stereocenters. The van der Waals surface area contributed by atoms with E-state index < -0.39 is 0 Å².